The minimum Gasteiger partial charge on any atom is -0.476 e. The number of amides is 1. The van der Waals surface area contributed by atoms with Gasteiger partial charge in [-0.15, -0.1) is 0 Å². The fourth-order valence-corrected chi connectivity index (χ4v) is 2.66. The number of hydrogen-bond acceptors (Lipinski definition) is 4. The molecule has 1 aromatic heterocycles. The molecule has 1 heterocycles. The summed E-state index contributed by atoms with van der Waals surface area (Å²) in [7, 11) is 0. The number of anilines is 1. The zero-order valence-corrected chi connectivity index (χ0v) is 13.0. The quantitative estimate of drug-likeness (QED) is 0.826. The fraction of sp³-hybridized carbons (Fsp3) is 0. The number of benzene rings is 1. The molecule has 2 rings (SSSR count). The van der Waals surface area contributed by atoms with Crippen LogP contribution < -0.4 is 5.32 Å². The smallest absolute Gasteiger partial charge is 0.358 e. The molecule has 8 heteroatoms. The molecule has 0 bridgehead atoms. The minimum atomic E-state index is -1.26. The molecule has 6 nitrogen and oxygen atoms in total. The molecule has 2 aromatic rings. The number of halogens is 2. The van der Waals surface area contributed by atoms with Gasteiger partial charge in [0.2, 0.25) is 0 Å². The van der Waals surface area contributed by atoms with Crippen molar-refractivity contribution in [2.24, 2.45) is 0 Å². The highest BCUT2D eigenvalue weighted by molar-refractivity contribution is 9.11. The minimum absolute atomic E-state index is 0.0974. The predicted molar refractivity (Wildman–Crippen MR) is 78.8 cm³/mol. The summed E-state index contributed by atoms with van der Waals surface area (Å²) >= 11 is 6.55. The van der Waals surface area contributed by atoms with Crippen LogP contribution in [0.2, 0.25) is 0 Å². The molecule has 0 unspecified atom stereocenters. The lowest BCUT2D eigenvalue weighted by atomic mass is 10.2. The Hall–Kier alpha value is -1.80. The van der Waals surface area contributed by atoms with Gasteiger partial charge in [-0.05, 0) is 34.1 Å². The van der Waals surface area contributed by atoms with E-state index >= 15 is 0 Å². The summed E-state index contributed by atoms with van der Waals surface area (Å²) in [5.41, 5.74) is 0.0456. The number of carbonyl (C=O) groups is 2. The lowest BCUT2D eigenvalue weighted by molar-refractivity contribution is 0.0691. The summed E-state index contributed by atoms with van der Waals surface area (Å²) in [6, 6.07) is 5.01. The number of aromatic nitrogens is 2. The van der Waals surface area contributed by atoms with Gasteiger partial charge < -0.3 is 10.4 Å². The normalized spacial score (nSPS) is 10.1. The molecule has 0 spiro atoms. The molecule has 0 saturated carbocycles. The Morgan fingerprint density at radius 2 is 1.85 bits per heavy atom. The Labute approximate surface area is 130 Å². The predicted octanol–water partition coefficient (Wildman–Crippen LogP) is 2.95. The average molecular weight is 401 g/mol. The Bertz CT molecular complexity index is 691. The average Bonchev–Trinajstić information content (AvgIpc) is 2.38. The van der Waals surface area contributed by atoms with E-state index < -0.39 is 11.9 Å². The molecule has 20 heavy (non-hydrogen) atoms. The van der Waals surface area contributed by atoms with Crippen LogP contribution in [-0.2, 0) is 0 Å². The van der Waals surface area contributed by atoms with Crippen molar-refractivity contribution >= 4 is 49.6 Å². The van der Waals surface area contributed by atoms with Gasteiger partial charge in [-0.25, -0.2) is 14.8 Å². The van der Waals surface area contributed by atoms with Gasteiger partial charge in [-0.1, -0.05) is 15.9 Å². The largest absolute Gasteiger partial charge is 0.476 e. The van der Waals surface area contributed by atoms with Crippen LogP contribution in [0, 0.1) is 0 Å². The van der Waals surface area contributed by atoms with Crippen molar-refractivity contribution in [3.05, 3.63) is 50.8 Å². The number of nitrogens with one attached hydrogen (secondary N) is 1. The Balaban J connectivity index is 2.30. The highest BCUT2D eigenvalue weighted by Crippen LogP contribution is 2.23. The van der Waals surface area contributed by atoms with Crippen LogP contribution >= 0.6 is 31.9 Å². The standard InChI is InChI=1S/C12H7Br2N3O3/c13-6-1-2-7(8(14)5-6)11(18)17-10-9(12(19)20)15-3-4-16-10/h1-5H,(H,19,20)(H,16,17,18). The topological polar surface area (TPSA) is 92.2 Å². The van der Waals surface area contributed by atoms with E-state index in [2.05, 4.69) is 47.1 Å². The number of nitrogens with zero attached hydrogens (tertiary/aromatic N) is 2. The zero-order valence-electron chi connectivity index (χ0n) is 9.80. The van der Waals surface area contributed by atoms with Gasteiger partial charge in [0.05, 0.1) is 5.56 Å². The van der Waals surface area contributed by atoms with E-state index in [4.69, 9.17) is 5.11 Å². The number of aromatic carboxylic acids is 1. The summed E-state index contributed by atoms with van der Waals surface area (Å²) in [6.07, 6.45) is 2.55. The van der Waals surface area contributed by atoms with E-state index in [1.165, 1.54) is 12.4 Å². The van der Waals surface area contributed by atoms with Crippen molar-refractivity contribution in [3.8, 4) is 0 Å². The van der Waals surface area contributed by atoms with Crippen LogP contribution in [0.4, 0.5) is 5.82 Å². The van der Waals surface area contributed by atoms with E-state index in [0.717, 1.165) is 4.47 Å². The highest BCUT2D eigenvalue weighted by atomic mass is 79.9. The second-order valence-corrected chi connectivity index (χ2v) is 5.41. The van der Waals surface area contributed by atoms with E-state index in [0.29, 0.717) is 10.0 Å². The van der Waals surface area contributed by atoms with E-state index in [1.807, 2.05) is 0 Å². The van der Waals surface area contributed by atoms with Gasteiger partial charge in [-0.3, -0.25) is 4.79 Å². The first-order chi connectivity index (χ1) is 9.49. The summed E-state index contributed by atoms with van der Waals surface area (Å²) in [5.74, 6) is -1.84. The maximum absolute atomic E-state index is 12.1. The van der Waals surface area contributed by atoms with Crippen LogP contribution in [0.5, 0.6) is 0 Å². The zero-order chi connectivity index (χ0) is 14.7. The number of carboxylic acids is 1. The monoisotopic (exact) mass is 399 g/mol. The molecular weight excluding hydrogens is 394 g/mol. The Morgan fingerprint density at radius 1 is 1.15 bits per heavy atom. The molecule has 1 amide bonds. The molecule has 0 fully saturated rings. The first kappa shape index (κ1) is 14.6. The molecule has 0 aliphatic carbocycles. The number of rotatable bonds is 3. The molecule has 0 aliphatic heterocycles. The first-order valence-electron chi connectivity index (χ1n) is 5.29. The molecule has 102 valence electrons. The summed E-state index contributed by atoms with van der Waals surface area (Å²) in [6.45, 7) is 0. The van der Waals surface area contributed by atoms with Crippen LogP contribution in [0.25, 0.3) is 0 Å². The van der Waals surface area contributed by atoms with Crippen molar-refractivity contribution in [1.29, 1.82) is 0 Å². The lowest BCUT2D eigenvalue weighted by Crippen LogP contribution is -2.17. The van der Waals surface area contributed by atoms with E-state index in [1.54, 1.807) is 18.2 Å². The van der Waals surface area contributed by atoms with Crippen LogP contribution in [-0.4, -0.2) is 27.0 Å². The molecule has 2 N–H and O–H groups in total. The van der Waals surface area contributed by atoms with E-state index in [9.17, 15) is 9.59 Å². The third-order valence-electron chi connectivity index (χ3n) is 2.31. The molecule has 0 saturated heterocycles. The second kappa shape index (κ2) is 6.10. The van der Waals surface area contributed by atoms with Crippen LogP contribution in [0.3, 0.4) is 0 Å². The molecule has 0 atom stereocenters. The van der Waals surface area contributed by atoms with Gasteiger partial charge in [0.25, 0.3) is 5.91 Å². The highest BCUT2D eigenvalue weighted by Gasteiger charge is 2.17. The molecule has 1 aromatic carbocycles. The van der Waals surface area contributed by atoms with Gasteiger partial charge in [0.1, 0.15) is 0 Å². The van der Waals surface area contributed by atoms with Gasteiger partial charge in [0, 0.05) is 21.3 Å². The van der Waals surface area contributed by atoms with Crippen molar-refractivity contribution in [3.63, 3.8) is 0 Å². The molecule has 0 aliphatic rings. The molecular formula is C12H7Br2N3O3. The number of carboxylic acid groups (broad SMARTS) is 1. The first-order valence-corrected chi connectivity index (χ1v) is 6.88. The van der Waals surface area contributed by atoms with E-state index in [-0.39, 0.29) is 11.5 Å². The maximum atomic E-state index is 12.1. The SMILES string of the molecule is O=C(Nc1nccnc1C(=O)O)c1ccc(Br)cc1Br. The summed E-state index contributed by atoms with van der Waals surface area (Å²) < 4.78 is 1.39. The lowest BCUT2D eigenvalue weighted by Gasteiger charge is -2.08. The number of hydrogen-bond donors (Lipinski definition) is 2. The van der Waals surface area contributed by atoms with Crippen molar-refractivity contribution < 1.29 is 14.7 Å². The Morgan fingerprint density at radius 3 is 2.50 bits per heavy atom. The van der Waals surface area contributed by atoms with Crippen molar-refractivity contribution in [1.82, 2.24) is 9.97 Å². The van der Waals surface area contributed by atoms with Gasteiger partial charge >= 0.3 is 5.97 Å². The Kier molecular flexibility index (Phi) is 4.46. The van der Waals surface area contributed by atoms with Crippen LogP contribution in [0.1, 0.15) is 20.8 Å². The second-order valence-electron chi connectivity index (χ2n) is 3.64. The fourth-order valence-electron chi connectivity index (χ4n) is 1.43. The van der Waals surface area contributed by atoms with Crippen molar-refractivity contribution in [2.45, 2.75) is 0 Å². The maximum Gasteiger partial charge on any atom is 0.358 e. The van der Waals surface area contributed by atoms with Crippen LogP contribution in [0.15, 0.2) is 39.5 Å². The van der Waals surface area contributed by atoms with Crippen molar-refractivity contribution in [2.75, 3.05) is 5.32 Å². The third-order valence-corrected chi connectivity index (χ3v) is 3.46. The number of carbonyl (C=O) groups excluding carboxylic acids is 1. The van der Waals surface area contributed by atoms with Gasteiger partial charge in [-0.2, -0.15) is 0 Å². The molecule has 0 radical (unpaired) electrons. The summed E-state index contributed by atoms with van der Waals surface area (Å²) in [4.78, 5) is 30.6. The summed E-state index contributed by atoms with van der Waals surface area (Å²) in [5, 5.41) is 11.4. The third kappa shape index (κ3) is 3.20. The van der Waals surface area contributed by atoms with Gasteiger partial charge in [0.15, 0.2) is 11.5 Å².